The lowest BCUT2D eigenvalue weighted by molar-refractivity contribution is -0.156. The van der Waals surface area contributed by atoms with Gasteiger partial charge in [0.15, 0.2) is 0 Å². The van der Waals surface area contributed by atoms with E-state index in [1.54, 1.807) is 0 Å². The van der Waals surface area contributed by atoms with E-state index >= 15 is 0 Å². The Morgan fingerprint density at radius 1 is 0.533 bits per heavy atom. The fourth-order valence-electron chi connectivity index (χ4n) is 4.32. The lowest BCUT2D eigenvalue weighted by atomic mass is 9.79. The minimum Gasteiger partial charge on any atom is -0.465 e. The average Bonchev–Trinajstić information content (AvgIpc) is 2.74. The first-order valence-corrected chi connectivity index (χ1v) is 13.8. The molecule has 0 aliphatic carbocycles. The molecule has 0 saturated carbocycles. The molecular formula is C28H56O2. The number of hydrogen-bond acceptors (Lipinski definition) is 2. The van der Waals surface area contributed by atoms with E-state index in [-0.39, 0.29) is 11.4 Å². The molecule has 180 valence electrons. The average molecular weight is 425 g/mol. The summed E-state index contributed by atoms with van der Waals surface area (Å²) in [5.74, 6) is 0.0736. The summed E-state index contributed by atoms with van der Waals surface area (Å²) in [7, 11) is 0. The smallest absolute Gasteiger partial charge is 0.311 e. The van der Waals surface area contributed by atoms with Crippen LogP contribution in [-0.4, -0.2) is 12.6 Å². The van der Waals surface area contributed by atoms with Gasteiger partial charge in [-0.2, -0.15) is 0 Å². The van der Waals surface area contributed by atoms with E-state index in [4.69, 9.17) is 4.74 Å². The summed E-state index contributed by atoms with van der Waals surface area (Å²) in [6, 6.07) is 0. The number of rotatable bonds is 23. The molecular weight excluding hydrogens is 368 g/mol. The van der Waals surface area contributed by atoms with Crippen LogP contribution >= 0.6 is 0 Å². The molecule has 0 radical (unpaired) electrons. The van der Waals surface area contributed by atoms with Gasteiger partial charge in [-0.1, -0.05) is 136 Å². The minimum absolute atomic E-state index is 0.0736. The summed E-state index contributed by atoms with van der Waals surface area (Å²) in [6.07, 6.45) is 26.4. The standard InChI is InChI=1S/C28H56O2/c1-5-8-11-13-15-17-19-22-25-28(4,24-21-10-7-3)27(29)30-26-23-20-18-16-14-12-9-6-2/h5-26H2,1-4H3. The van der Waals surface area contributed by atoms with Gasteiger partial charge in [-0.25, -0.2) is 0 Å². The van der Waals surface area contributed by atoms with Crippen LogP contribution in [0.25, 0.3) is 0 Å². The summed E-state index contributed by atoms with van der Waals surface area (Å²) in [5, 5.41) is 0. The van der Waals surface area contributed by atoms with Gasteiger partial charge in [-0.05, 0) is 26.2 Å². The lowest BCUT2D eigenvalue weighted by Crippen LogP contribution is -2.30. The topological polar surface area (TPSA) is 26.3 Å². The zero-order valence-corrected chi connectivity index (χ0v) is 21.4. The number of unbranched alkanes of at least 4 members (excludes halogenated alkanes) is 16. The highest BCUT2D eigenvalue weighted by Gasteiger charge is 2.33. The molecule has 1 atom stereocenters. The molecule has 0 aromatic carbocycles. The van der Waals surface area contributed by atoms with Crippen molar-refractivity contribution in [3.63, 3.8) is 0 Å². The molecule has 0 aliphatic rings. The first-order chi connectivity index (χ1) is 14.6. The van der Waals surface area contributed by atoms with E-state index in [9.17, 15) is 4.79 Å². The Bertz CT molecular complexity index is 366. The monoisotopic (exact) mass is 424 g/mol. The molecule has 0 aromatic rings. The maximum absolute atomic E-state index is 12.9. The van der Waals surface area contributed by atoms with Gasteiger partial charge in [-0.15, -0.1) is 0 Å². The van der Waals surface area contributed by atoms with Crippen molar-refractivity contribution in [1.29, 1.82) is 0 Å². The van der Waals surface area contributed by atoms with E-state index in [1.165, 1.54) is 109 Å². The van der Waals surface area contributed by atoms with E-state index in [1.807, 2.05) is 0 Å². The van der Waals surface area contributed by atoms with Crippen LogP contribution in [-0.2, 0) is 9.53 Å². The second-order valence-electron chi connectivity index (χ2n) is 9.85. The Kier molecular flexibility index (Phi) is 21.3. The maximum Gasteiger partial charge on any atom is 0.311 e. The molecule has 0 spiro atoms. The van der Waals surface area contributed by atoms with Gasteiger partial charge in [0, 0.05) is 0 Å². The summed E-state index contributed by atoms with van der Waals surface area (Å²) in [5.41, 5.74) is -0.266. The number of carbonyl (C=O) groups is 1. The molecule has 0 saturated heterocycles. The molecule has 0 aliphatic heterocycles. The molecule has 0 heterocycles. The first kappa shape index (κ1) is 29.5. The Morgan fingerprint density at radius 3 is 1.33 bits per heavy atom. The third kappa shape index (κ3) is 17.2. The molecule has 0 aromatic heterocycles. The number of hydrogen-bond donors (Lipinski definition) is 0. The van der Waals surface area contributed by atoms with Gasteiger partial charge in [0.05, 0.1) is 12.0 Å². The fraction of sp³-hybridized carbons (Fsp3) is 0.964. The summed E-state index contributed by atoms with van der Waals surface area (Å²) < 4.78 is 5.77. The third-order valence-corrected chi connectivity index (χ3v) is 6.64. The van der Waals surface area contributed by atoms with Gasteiger partial charge in [0.2, 0.25) is 0 Å². The molecule has 2 nitrogen and oxygen atoms in total. The summed E-state index contributed by atoms with van der Waals surface area (Å²) >= 11 is 0. The predicted molar refractivity (Wildman–Crippen MR) is 133 cm³/mol. The largest absolute Gasteiger partial charge is 0.465 e. The van der Waals surface area contributed by atoms with Crippen LogP contribution in [0.3, 0.4) is 0 Å². The SMILES string of the molecule is CCCCCCCCCCOC(=O)C(C)(CCCCC)CCCCCCCCCC. The van der Waals surface area contributed by atoms with Crippen LogP contribution in [0.15, 0.2) is 0 Å². The molecule has 1 unspecified atom stereocenters. The number of esters is 1. The molecule has 0 amide bonds. The quantitative estimate of drug-likeness (QED) is 0.120. The fourth-order valence-corrected chi connectivity index (χ4v) is 4.32. The Labute approximate surface area is 190 Å². The van der Waals surface area contributed by atoms with Crippen molar-refractivity contribution in [2.45, 2.75) is 163 Å². The molecule has 0 fully saturated rings. The van der Waals surface area contributed by atoms with Crippen LogP contribution in [0.4, 0.5) is 0 Å². The van der Waals surface area contributed by atoms with E-state index in [0.717, 1.165) is 25.7 Å². The number of ether oxygens (including phenoxy) is 1. The van der Waals surface area contributed by atoms with Gasteiger partial charge in [0.1, 0.15) is 0 Å². The lowest BCUT2D eigenvalue weighted by Gasteiger charge is -2.27. The predicted octanol–water partition coefficient (Wildman–Crippen LogP) is 9.79. The van der Waals surface area contributed by atoms with Crippen LogP contribution in [0, 0.1) is 5.41 Å². The molecule has 2 heteroatoms. The van der Waals surface area contributed by atoms with Crippen molar-refractivity contribution in [3.05, 3.63) is 0 Å². The number of carbonyl (C=O) groups excluding carboxylic acids is 1. The van der Waals surface area contributed by atoms with Crippen molar-refractivity contribution < 1.29 is 9.53 Å². The molecule has 30 heavy (non-hydrogen) atoms. The summed E-state index contributed by atoms with van der Waals surface area (Å²) in [4.78, 5) is 12.9. The van der Waals surface area contributed by atoms with E-state index in [0.29, 0.717) is 6.61 Å². The van der Waals surface area contributed by atoms with Gasteiger partial charge < -0.3 is 4.74 Å². The zero-order valence-electron chi connectivity index (χ0n) is 21.4. The van der Waals surface area contributed by atoms with Crippen LogP contribution in [0.2, 0.25) is 0 Å². The van der Waals surface area contributed by atoms with Crippen molar-refractivity contribution in [3.8, 4) is 0 Å². The van der Waals surface area contributed by atoms with E-state index < -0.39 is 0 Å². The van der Waals surface area contributed by atoms with Crippen molar-refractivity contribution in [2.75, 3.05) is 6.61 Å². The normalized spacial score (nSPS) is 13.3. The van der Waals surface area contributed by atoms with Crippen LogP contribution < -0.4 is 0 Å². The van der Waals surface area contributed by atoms with Crippen molar-refractivity contribution >= 4 is 5.97 Å². The Balaban J connectivity index is 4.06. The van der Waals surface area contributed by atoms with Crippen molar-refractivity contribution in [1.82, 2.24) is 0 Å². The minimum atomic E-state index is -0.266. The second kappa shape index (κ2) is 21.7. The molecule has 0 bridgehead atoms. The Hall–Kier alpha value is -0.530. The van der Waals surface area contributed by atoms with Crippen molar-refractivity contribution in [2.24, 2.45) is 5.41 Å². The zero-order chi connectivity index (χ0) is 22.3. The van der Waals surface area contributed by atoms with Gasteiger partial charge in [-0.3, -0.25) is 4.79 Å². The first-order valence-electron chi connectivity index (χ1n) is 13.8. The molecule has 0 N–H and O–H groups in total. The Morgan fingerprint density at radius 2 is 0.867 bits per heavy atom. The maximum atomic E-state index is 12.9. The third-order valence-electron chi connectivity index (χ3n) is 6.64. The highest BCUT2D eigenvalue weighted by molar-refractivity contribution is 5.76. The second-order valence-corrected chi connectivity index (χ2v) is 9.85. The summed E-state index contributed by atoms with van der Waals surface area (Å²) in [6.45, 7) is 9.55. The van der Waals surface area contributed by atoms with Gasteiger partial charge in [0.25, 0.3) is 0 Å². The highest BCUT2D eigenvalue weighted by Crippen LogP contribution is 2.33. The highest BCUT2D eigenvalue weighted by atomic mass is 16.5. The molecule has 0 rings (SSSR count). The van der Waals surface area contributed by atoms with Crippen LogP contribution in [0.5, 0.6) is 0 Å². The van der Waals surface area contributed by atoms with Gasteiger partial charge >= 0.3 is 5.97 Å². The van der Waals surface area contributed by atoms with Crippen LogP contribution in [0.1, 0.15) is 163 Å². The van der Waals surface area contributed by atoms with E-state index in [2.05, 4.69) is 27.7 Å².